The molecule has 3 heteroatoms. The van der Waals surface area contributed by atoms with Crippen molar-refractivity contribution in [3.05, 3.63) is 47.3 Å². The van der Waals surface area contributed by atoms with Crippen LogP contribution in [-0.2, 0) is 5.41 Å². The lowest BCUT2D eigenvalue weighted by Crippen LogP contribution is -2.20. The van der Waals surface area contributed by atoms with E-state index in [0.29, 0.717) is 6.54 Å². The highest BCUT2D eigenvalue weighted by atomic mass is 15.3. The maximum absolute atomic E-state index is 5.88. The quantitative estimate of drug-likeness (QED) is 0.897. The van der Waals surface area contributed by atoms with Crippen molar-refractivity contribution < 1.29 is 0 Å². The van der Waals surface area contributed by atoms with Crippen LogP contribution in [0.1, 0.15) is 29.8 Å². The van der Waals surface area contributed by atoms with Gasteiger partial charge in [0.05, 0.1) is 11.4 Å². The van der Waals surface area contributed by atoms with E-state index in [0.717, 1.165) is 11.4 Å². The summed E-state index contributed by atoms with van der Waals surface area (Å²) in [6.45, 7) is 4.93. The first-order chi connectivity index (χ1) is 8.66. The van der Waals surface area contributed by atoms with Crippen LogP contribution in [0.25, 0.3) is 5.69 Å². The minimum Gasteiger partial charge on any atom is -0.330 e. The predicted octanol–water partition coefficient (Wildman–Crippen LogP) is 2.48. The highest BCUT2D eigenvalue weighted by molar-refractivity contribution is 5.42. The molecule has 1 aliphatic carbocycles. The molecule has 0 spiro atoms. The number of rotatable bonds is 3. The summed E-state index contributed by atoms with van der Waals surface area (Å²) in [5.74, 6) is 0. The molecule has 2 aromatic rings. The molecule has 0 amide bonds. The first-order valence-electron chi connectivity index (χ1n) is 6.49. The third-order valence-electron chi connectivity index (χ3n) is 4.02. The van der Waals surface area contributed by atoms with Crippen LogP contribution < -0.4 is 5.73 Å². The largest absolute Gasteiger partial charge is 0.330 e. The Morgan fingerprint density at radius 2 is 2.00 bits per heavy atom. The Balaban J connectivity index is 2.07. The van der Waals surface area contributed by atoms with Gasteiger partial charge in [0, 0.05) is 17.7 Å². The van der Waals surface area contributed by atoms with Gasteiger partial charge in [0.15, 0.2) is 0 Å². The van der Waals surface area contributed by atoms with Crippen LogP contribution in [0.3, 0.4) is 0 Å². The fraction of sp³-hybridized carbons (Fsp3) is 0.400. The smallest absolute Gasteiger partial charge is 0.0706 e. The molecule has 0 unspecified atom stereocenters. The summed E-state index contributed by atoms with van der Waals surface area (Å²) in [7, 11) is 0. The molecule has 0 aliphatic heterocycles. The SMILES string of the molecule is Cc1ccccc1-n1nc(C2(CN)CC2)cc1C. The van der Waals surface area contributed by atoms with Crippen LogP contribution in [0.2, 0.25) is 0 Å². The number of aryl methyl sites for hydroxylation is 2. The Kier molecular flexibility index (Phi) is 2.52. The zero-order valence-corrected chi connectivity index (χ0v) is 11.0. The Morgan fingerprint density at radius 1 is 1.28 bits per heavy atom. The van der Waals surface area contributed by atoms with Crippen molar-refractivity contribution in [2.24, 2.45) is 5.73 Å². The van der Waals surface area contributed by atoms with Crippen molar-refractivity contribution >= 4 is 0 Å². The number of hydrogen-bond donors (Lipinski definition) is 1. The first-order valence-corrected chi connectivity index (χ1v) is 6.49. The number of aromatic nitrogens is 2. The Hall–Kier alpha value is -1.61. The van der Waals surface area contributed by atoms with Crippen molar-refractivity contribution in [3.8, 4) is 5.69 Å². The summed E-state index contributed by atoms with van der Waals surface area (Å²) < 4.78 is 2.04. The maximum atomic E-state index is 5.88. The van der Waals surface area contributed by atoms with E-state index < -0.39 is 0 Å². The second-order valence-electron chi connectivity index (χ2n) is 5.35. The van der Waals surface area contributed by atoms with Gasteiger partial charge in [-0.2, -0.15) is 5.10 Å². The van der Waals surface area contributed by atoms with E-state index in [1.807, 2.05) is 4.68 Å². The zero-order chi connectivity index (χ0) is 12.8. The zero-order valence-electron chi connectivity index (χ0n) is 11.0. The molecule has 0 saturated heterocycles. The first kappa shape index (κ1) is 11.5. The highest BCUT2D eigenvalue weighted by Crippen LogP contribution is 2.46. The van der Waals surface area contributed by atoms with E-state index in [4.69, 9.17) is 10.8 Å². The van der Waals surface area contributed by atoms with Gasteiger partial charge in [0.1, 0.15) is 0 Å². The van der Waals surface area contributed by atoms with Gasteiger partial charge >= 0.3 is 0 Å². The summed E-state index contributed by atoms with van der Waals surface area (Å²) in [6.07, 6.45) is 2.35. The number of para-hydroxylation sites is 1. The molecule has 0 atom stereocenters. The summed E-state index contributed by atoms with van der Waals surface area (Å²) >= 11 is 0. The van der Waals surface area contributed by atoms with Crippen molar-refractivity contribution in [1.82, 2.24) is 9.78 Å². The number of nitrogens with two attached hydrogens (primary N) is 1. The van der Waals surface area contributed by atoms with Crippen molar-refractivity contribution in [1.29, 1.82) is 0 Å². The fourth-order valence-electron chi connectivity index (χ4n) is 2.49. The second kappa shape index (κ2) is 3.95. The van der Waals surface area contributed by atoms with E-state index >= 15 is 0 Å². The molecule has 3 nitrogen and oxygen atoms in total. The second-order valence-corrected chi connectivity index (χ2v) is 5.35. The van der Waals surface area contributed by atoms with Crippen LogP contribution in [0, 0.1) is 13.8 Å². The summed E-state index contributed by atoms with van der Waals surface area (Å²) in [5.41, 5.74) is 10.8. The van der Waals surface area contributed by atoms with Gasteiger partial charge in [-0.1, -0.05) is 18.2 Å². The van der Waals surface area contributed by atoms with Gasteiger partial charge in [-0.25, -0.2) is 4.68 Å². The molecule has 1 heterocycles. The van der Waals surface area contributed by atoms with E-state index in [1.165, 1.54) is 24.1 Å². The average Bonchev–Trinajstić information content (AvgIpc) is 3.08. The van der Waals surface area contributed by atoms with E-state index in [2.05, 4.69) is 44.2 Å². The van der Waals surface area contributed by atoms with Gasteiger partial charge in [-0.15, -0.1) is 0 Å². The lowest BCUT2D eigenvalue weighted by molar-refractivity contribution is 0.659. The van der Waals surface area contributed by atoms with Crippen LogP contribution in [0.15, 0.2) is 30.3 Å². The van der Waals surface area contributed by atoms with Crippen LogP contribution >= 0.6 is 0 Å². The Morgan fingerprint density at radius 3 is 2.61 bits per heavy atom. The normalized spacial score (nSPS) is 16.8. The van der Waals surface area contributed by atoms with Gasteiger partial charge in [0.2, 0.25) is 0 Å². The van der Waals surface area contributed by atoms with E-state index in [9.17, 15) is 0 Å². The third kappa shape index (κ3) is 1.66. The third-order valence-corrected chi connectivity index (χ3v) is 4.02. The molecule has 0 radical (unpaired) electrons. The van der Waals surface area contributed by atoms with Crippen molar-refractivity contribution in [2.45, 2.75) is 32.1 Å². The molecule has 2 N–H and O–H groups in total. The van der Waals surface area contributed by atoms with Crippen LogP contribution in [-0.4, -0.2) is 16.3 Å². The lowest BCUT2D eigenvalue weighted by atomic mass is 10.0. The topological polar surface area (TPSA) is 43.8 Å². The standard InChI is InChI=1S/C15H19N3/c1-11-5-3-4-6-13(11)18-12(2)9-14(17-18)15(10-16)7-8-15/h3-6,9H,7-8,10,16H2,1-2H3. The summed E-state index contributed by atoms with van der Waals surface area (Å²) in [5, 5.41) is 4.78. The molecule has 18 heavy (non-hydrogen) atoms. The lowest BCUT2D eigenvalue weighted by Gasteiger charge is -2.09. The number of benzene rings is 1. The summed E-state index contributed by atoms with van der Waals surface area (Å²) in [6, 6.07) is 10.5. The molecule has 0 bridgehead atoms. The van der Waals surface area contributed by atoms with Crippen LogP contribution in [0.5, 0.6) is 0 Å². The molecule has 1 fully saturated rings. The van der Waals surface area contributed by atoms with Crippen molar-refractivity contribution in [2.75, 3.05) is 6.54 Å². The predicted molar refractivity (Wildman–Crippen MR) is 73.0 cm³/mol. The molecular formula is C15H19N3. The van der Waals surface area contributed by atoms with Gasteiger partial charge in [0.25, 0.3) is 0 Å². The fourth-order valence-corrected chi connectivity index (χ4v) is 2.49. The van der Waals surface area contributed by atoms with Crippen LogP contribution in [0.4, 0.5) is 0 Å². The molecule has 1 aromatic carbocycles. The number of nitrogens with zero attached hydrogens (tertiary/aromatic N) is 2. The van der Waals surface area contributed by atoms with E-state index in [-0.39, 0.29) is 5.41 Å². The minimum absolute atomic E-state index is 0.165. The number of hydrogen-bond acceptors (Lipinski definition) is 2. The highest BCUT2D eigenvalue weighted by Gasteiger charge is 2.45. The average molecular weight is 241 g/mol. The summed E-state index contributed by atoms with van der Waals surface area (Å²) in [4.78, 5) is 0. The van der Waals surface area contributed by atoms with Gasteiger partial charge in [-0.3, -0.25) is 0 Å². The van der Waals surface area contributed by atoms with Crippen molar-refractivity contribution in [3.63, 3.8) is 0 Å². The molecular weight excluding hydrogens is 222 g/mol. The van der Waals surface area contributed by atoms with Gasteiger partial charge in [-0.05, 0) is 44.4 Å². The van der Waals surface area contributed by atoms with E-state index in [1.54, 1.807) is 0 Å². The molecule has 1 aromatic heterocycles. The monoisotopic (exact) mass is 241 g/mol. The Labute approximate surface area is 108 Å². The minimum atomic E-state index is 0.165. The molecule has 3 rings (SSSR count). The molecule has 1 saturated carbocycles. The Bertz CT molecular complexity index is 579. The molecule has 94 valence electrons. The molecule has 1 aliphatic rings. The van der Waals surface area contributed by atoms with Gasteiger partial charge < -0.3 is 5.73 Å². The maximum Gasteiger partial charge on any atom is 0.0706 e.